The van der Waals surface area contributed by atoms with Crippen LogP contribution in [0.15, 0.2) is 53.6 Å². The highest BCUT2D eigenvalue weighted by Gasteiger charge is 2.18. The van der Waals surface area contributed by atoms with Crippen molar-refractivity contribution in [1.82, 2.24) is 14.8 Å². The molecule has 0 bridgehead atoms. The molecule has 1 aliphatic heterocycles. The minimum atomic E-state index is 0.0856. The van der Waals surface area contributed by atoms with E-state index in [1.54, 1.807) is 11.8 Å². The smallest absolute Gasteiger partial charge is 0.225 e. The molecule has 2 heterocycles. The highest BCUT2D eigenvalue weighted by molar-refractivity contribution is 7.98. The molecular formula is C20H26N4OS. The highest BCUT2D eigenvalue weighted by Crippen LogP contribution is 2.24. The molecule has 0 unspecified atom stereocenters. The van der Waals surface area contributed by atoms with Gasteiger partial charge in [0.1, 0.15) is 0 Å². The Balaban J connectivity index is 1.39. The molecule has 0 radical (unpaired) electrons. The molecule has 0 saturated carbocycles. The number of carbonyl (C=O) groups excluding carboxylic acids is 1. The Kier molecular flexibility index (Phi) is 7.05. The van der Waals surface area contributed by atoms with Crippen molar-refractivity contribution in [2.75, 3.05) is 44.3 Å². The first-order valence-electron chi connectivity index (χ1n) is 9.02. The van der Waals surface area contributed by atoms with Crippen LogP contribution in [-0.2, 0) is 11.3 Å². The number of aromatic nitrogens is 1. The number of pyridine rings is 1. The highest BCUT2D eigenvalue weighted by atomic mass is 32.2. The zero-order valence-corrected chi connectivity index (χ0v) is 16.0. The first-order chi connectivity index (χ1) is 12.7. The van der Waals surface area contributed by atoms with E-state index in [1.807, 2.05) is 48.9 Å². The van der Waals surface area contributed by atoms with Crippen LogP contribution in [-0.4, -0.2) is 59.7 Å². The summed E-state index contributed by atoms with van der Waals surface area (Å²) < 4.78 is 0. The number of nitrogens with zero attached hydrogens (tertiary/aromatic N) is 3. The molecule has 1 aliphatic rings. The predicted octanol–water partition coefficient (Wildman–Crippen LogP) is 2.95. The van der Waals surface area contributed by atoms with Gasteiger partial charge in [-0.1, -0.05) is 18.2 Å². The van der Waals surface area contributed by atoms with E-state index in [1.165, 1.54) is 0 Å². The molecule has 26 heavy (non-hydrogen) atoms. The number of thioether (sulfide) groups is 1. The van der Waals surface area contributed by atoms with Gasteiger partial charge in [0, 0.05) is 56.8 Å². The molecule has 1 fully saturated rings. The molecular weight excluding hydrogens is 344 g/mol. The van der Waals surface area contributed by atoms with Crippen LogP contribution in [0.25, 0.3) is 0 Å². The van der Waals surface area contributed by atoms with Crippen molar-refractivity contribution in [1.29, 1.82) is 0 Å². The van der Waals surface area contributed by atoms with Crippen molar-refractivity contribution in [2.45, 2.75) is 17.9 Å². The molecule has 2 aromatic rings. The number of hydrogen-bond acceptors (Lipinski definition) is 5. The van der Waals surface area contributed by atoms with Crippen LogP contribution < -0.4 is 5.32 Å². The molecule has 138 valence electrons. The van der Waals surface area contributed by atoms with Gasteiger partial charge >= 0.3 is 0 Å². The Hall–Kier alpha value is -1.89. The van der Waals surface area contributed by atoms with Gasteiger partial charge in [0.25, 0.3) is 0 Å². The largest absolute Gasteiger partial charge is 0.325 e. The SMILES string of the molecule is CSc1ccccc1NC(=O)CCN1CCN(Cc2ccccn2)CC1. The van der Waals surface area contributed by atoms with Gasteiger partial charge in [-0.05, 0) is 30.5 Å². The zero-order valence-electron chi connectivity index (χ0n) is 15.2. The molecule has 3 rings (SSSR count). The minimum Gasteiger partial charge on any atom is -0.325 e. The molecule has 1 N–H and O–H groups in total. The second kappa shape index (κ2) is 9.71. The van der Waals surface area contributed by atoms with Gasteiger partial charge in [0.05, 0.1) is 11.4 Å². The lowest BCUT2D eigenvalue weighted by atomic mass is 10.2. The molecule has 0 spiro atoms. The minimum absolute atomic E-state index is 0.0856. The van der Waals surface area contributed by atoms with Crippen LogP contribution in [0, 0.1) is 0 Å². The van der Waals surface area contributed by atoms with E-state index < -0.39 is 0 Å². The first-order valence-corrected chi connectivity index (χ1v) is 10.2. The molecule has 0 atom stereocenters. The number of amides is 1. The summed E-state index contributed by atoms with van der Waals surface area (Å²) >= 11 is 1.65. The number of carbonyl (C=O) groups is 1. The maximum absolute atomic E-state index is 12.3. The number of para-hydroxylation sites is 1. The van der Waals surface area contributed by atoms with Gasteiger partial charge in [0.15, 0.2) is 0 Å². The van der Waals surface area contributed by atoms with Crippen molar-refractivity contribution in [2.24, 2.45) is 0 Å². The van der Waals surface area contributed by atoms with Crippen LogP contribution >= 0.6 is 11.8 Å². The summed E-state index contributed by atoms with van der Waals surface area (Å²) in [7, 11) is 0. The van der Waals surface area contributed by atoms with Crippen molar-refractivity contribution in [3.63, 3.8) is 0 Å². The van der Waals surface area contributed by atoms with Gasteiger partial charge in [-0.25, -0.2) is 0 Å². The monoisotopic (exact) mass is 370 g/mol. The lowest BCUT2D eigenvalue weighted by Crippen LogP contribution is -2.46. The van der Waals surface area contributed by atoms with Gasteiger partial charge < -0.3 is 10.2 Å². The Morgan fingerprint density at radius 3 is 2.54 bits per heavy atom. The summed E-state index contributed by atoms with van der Waals surface area (Å²) in [5.41, 5.74) is 2.03. The van der Waals surface area contributed by atoms with Gasteiger partial charge in [-0.3, -0.25) is 14.7 Å². The standard InChI is InChI=1S/C20H26N4OS/c1-26-19-8-3-2-7-18(19)22-20(25)9-11-23-12-14-24(15-13-23)16-17-6-4-5-10-21-17/h2-8,10H,9,11-16H2,1H3,(H,22,25). The lowest BCUT2D eigenvalue weighted by molar-refractivity contribution is -0.116. The first kappa shape index (κ1) is 18.9. The molecule has 1 aromatic carbocycles. The van der Waals surface area contributed by atoms with Crippen LogP contribution in [0.2, 0.25) is 0 Å². The Morgan fingerprint density at radius 1 is 1.08 bits per heavy atom. The third kappa shape index (κ3) is 5.56. The van der Waals surface area contributed by atoms with E-state index >= 15 is 0 Å². The number of nitrogens with one attached hydrogen (secondary N) is 1. The third-order valence-corrected chi connectivity index (χ3v) is 5.41. The summed E-state index contributed by atoms with van der Waals surface area (Å²) in [5.74, 6) is 0.0856. The van der Waals surface area contributed by atoms with Gasteiger partial charge in [-0.15, -0.1) is 11.8 Å². The van der Waals surface area contributed by atoms with E-state index in [9.17, 15) is 4.79 Å². The fourth-order valence-corrected chi connectivity index (χ4v) is 3.67. The number of piperazine rings is 1. The third-order valence-electron chi connectivity index (χ3n) is 4.61. The van der Waals surface area contributed by atoms with Crippen LogP contribution in [0.3, 0.4) is 0 Å². The summed E-state index contributed by atoms with van der Waals surface area (Å²) in [6.45, 7) is 5.76. The average molecular weight is 371 g/mol. The normalized spacial score (nSPS) is 15.7. The Bertz CT molecular complexity index is 702. The average Bonchev–Trinajstić information content (AvgIpc) is 2.69. The molecule has 1 amide bonds. The second-order valence-electron chi connectivity index (χ2n) is 6.44. The van der Waals surface area contributed by atoms with Crippen molar-refractivity contribution < 1.29 is 4.79 Å². The van der Waals surface area contributed by atoms with Gasteiger partial charge in [0.2, 0.25) is 5.91 Å². The summed E-state index contributed by atoms with van der Waals surface area (Å²) in [5, 5.41) is 3.04. The summed E-state index contributed by atoms with van der Waals surface area (Å²) in [4.78, 5) is 22.6. The van der Waals surface area contributed by atoms with E-state index in [-0.39, 0.29) is 5.91 Å². The van der Waals surface area contributed by atoms with E-state index in [0.29, 0.717) is 6.42 Å². The number of benzene rings is 1. The molecule has 6 heteroatoms. The van der Waals surface area contributed by atoms with E-state index in [2.05, 4.69) is 26.2 Å². The van der Waals surface area contributed by atoms with Crippen LogP contribution in [0.4, 0.5) is 5.69 Å². The van der Waals surface area contributed by atoms with Crippen molar-refractivity contribution >= 4 is 23.4 Å². The fraction of sp³-hybridized carbons (Fsp3) is 0.400. The van der Waals surface area contributed by atoms with E-state index in [0.717, 1.165) is 55.5 Å². The van der Waals surface area contributed by atoms with Gasteiger partial charge in [-0.2, -0.15) is 0 Å². The molecule has 5 nitrogen and oxygen atoms in total. The van der Waals surface area contributed by atoms with E-state index in [4.69, 9.17) is 0 Å². The van der Waals surface area contributed by atoms with Crippen LogP contribution in [0.5, 0.6) is 0 Å². The zero-order chi connectivity index (χ0) is 18.2. The maximum atomic E-state index is 12.3. The predicted molar refractivity (Wildman–Crippen MR) is 107 cm³/mol. The summed E-state index contributed by atoms with van der Waals surface area (Å²) in [6.07, 6.45) is 4.40. The molecule has 1 saturated heterocycles. The topological polar surface area (TPSA) is 48.5 Å². The quantitative estimate of drug-likeness (QED) is 0.760. The fourth-order valence-electron chi connectivity index (χ4n) is 3.11. The number of hydrogen-bond donors (Lipinski definition) is 1. The van der Waals surface area contributed by atoms with Crippen molar-refractivity contribution in [3.8, 4) is 0 Å². The Morgan fingerprint density at radius 2 is 1.81 bits per heavy atom. The second-order valence-corrected chi connectivity index (χ2v) is 7.29. The maximum Gasteiger partial charge on any atom is 0.225 e. The van der Waals surface area contributed by atoms with Crippen LogP contribution in [0.1, 0.15) is 12.1 Å². The van der Waals surface area contributed by atoms with Crippen molar-refractivity contribution in [3.05, 3.63) is 54.4 Å². The summed E-state index contributed by atoms with van der Waals surface area (Å²) in [6, 6.07) is 14.0. The molecule has 0 aliphatic carbocycles. The number of rotatable bonds is 7. The lowest BCUT2D eigenvalue weighted by Gasteiger charge is -2.34. The Labute approximate surface area is 159 Å². The number of anilines is 1. The molecule has 1 aromatic heterocycles.